The van der Waals surface area contributed by atoms with Crippen LogP contribution in [0, 0.1) is 0 Å². The summed E-state index contributed by atoms with van der Waals surface area (Å²) in [7, 11) is 2.72. The van der Waals surface area contributed by atoms with E-state index in [1.54, 1.807) is 25.1 Å². The minimum absolute atomic E-state index is 0.00922. The molecule has 2 atom stereocenters. The van der Waals surface area contributed by atoms with Gasteiger partial charge >= 0.3 is 5.97 Å². The maximum absolute atomic E-state index is 13.3. The van der Waals surface area contributed by atoms with Gasteiger partial charge in [-0.3, -0.25) is 4.79 Å². The van der Waals surface area contributed by atoms with E-state index in [-0.39, 0.29) is 28.0 Å². The molecule has 0 aliphatic carbocycles. The fourth-order valence-electron chi connectivity index (χ4n) is 3.25. The molecule has 0 aliphatic rings. The summed E-state index contributed by atoms with van der Waals surface area (Å²) in [6.07, 6.45) is 1.36. The van der Waals surface area contributed by atoms with Crippen molar-refractivity contribution in [2.45, 2.75) is 39.2 Å². The molecule has 0 bridgehead atoms. The number of nitrogens with zero attached hydrogens (tertiary/aromatic N) is 3. The highest BCUT2D eigenvalue weighted by molar-refractivity contribution is 9.10. The Balaban J connectivity index is 2.13. The Kier molecular flexibility index (Phi) is 8.95. The minimum Gasteiger partial charge on any atom is -0.493 e. The Morgan fingerprint density at radius 2 is 1.97 bits per heavy atom. The molecule has 2 aromatic carbocycles. The summed E-state index contributed by atoms with van der Waals surface area (Å²) in [5.74, 6) is 0.433. The number of esters is 1. The summed E-state index contributed by atoms with van der Waals surface area (Å²) in [4.78, 5) is 29.8. The number of methoxy groups -OCH3 is 2. The van der Waals surface area contributed by atoms with E-state index in [0.717, 1.165) is 10.9 Å². The maximum atomic E-state index is 13.3. The molecule has 35 heavy (non-hydrogen) atoms. The summed E-state index contributed by atoms with van der Waals surface area (Å²) in [6.45, 7) is 5.55. The Bertz CT molecular complexity index is 1360. The highest BCUT2D eigenvalue weighted by Crippen LogP contribution is 2.42. The highest BCUT2D eigenvalue weighted by atomic mass is 79.9. The molecule has 0 aliphatic heterocycles. The van der Waals surface area contributed by atoms with Gasteiger partial charge in [-0.25, -0.2) is 9.78 Å². The molecule has 8 nitrogen and oxygen atoms in total. The molecule has 3 rings (SSSR count). The third-order valence-corrected chi connectivity index (χ3v) is 7.34. The fourth-order valence-corrected chi connectivity index (χ4v) is 4.25. The first kappa shape index (κ1) is 27.2. The van der Waals surface area contributed by atoms with E-state index in [4.69, 9.17) is 30.8 Å². The van der Waals surface area contributed by atoms with Crippen LogP contribution in [0.5, 0.6) is 11.5 Å². The lowest BCUT2D eigenvalue weighted by Crippen LogP contribution is -2.25. The summed E-state index contributed by atoms with van der Waals surface area (Å²) in [6, 6.07) is 7.01. The smallest absolute Gasteiger partial charge is 0.346 e. The van der Waals surface area contributed by atoms with Crippen LogP contribution >= 0.6 is 43.5 Å². The van der Waals surface area contributed by atoms with Crippen molar-refractivity contribution in [3.63, 3.8) is 0 Å². The van der Waals surface area contributed by atoms with E-state index >= 15 is 0 Å². The van der Waals surface area contributed by atoms with Crippen molar-refractivity contribution >= 4 is 66.5 Å². The third-order valence-electron chi connectivity index (χ3n) is 5.40. The van der Waals surface area contributed by atoms with E-state index in [2.05, 4.69) is 37.0 Å². The third kappa shape index (κ3) is 5.70. The van der Waals surface area contributed by atoms with Gasteiger partial charge in [-0.2, -0.15) is 9.78 Å². The second kappa shape index (κ2) is 11.5. The normalized spacial score (nSPS) is 13.1. The van der Waals surface area contributed by atoms with Gasteiger partial charge in [-0.15, -0.1) is 0 Å². The van der Waals surface area contributed by atoms with Crippen LogP contribution in [0.2, 0.25) is 5.02 Å². The number of aromatic nitrogens is 2. The van der Waals surface area contributed by atoms with Crippen LogP contribution in [0.15, 0.2) is 43.1 Å². The number of hydrogen-bond acceptors (Lipinski definition) is 7. The molecular weight excluding hydrogens is 606 g/mol. The first-order chi connectivity index (χ1) is 16.6. The first-order valence-corrected chi connectivity index (χ1v) is 12.7. The molecule has 3 aromatic rings. The average molecular weight is 630 g/mol. The van der Waals surface area contributed by atoms with Crippen molar-refractivity contribution < 1.29 is 19.0 Å². The molecule has 0 saturated carbocycles. The molecule has 0 saturated heterocycles. The standard InChI is InChI=1S/C24H24Br2ClN3O5/c1-6-12(2)22-29-17-8-7-15(25)10-16(17)23(31)30(22)28-11-14-9-18(33-4)21(20(27)19(14)26)35-13(3)24(32)34-5/h7-13H,6H2,1-5H3/t12-,13+/m0/s1. The van der Waals surface area contributed by atoms with Crippen LogP contribution in [0.25, 0.3) is 10.9 Å². The van der Waals surface area contributed by atoms with Gasteiger partial charge in [0.2, 0.25) is 0 Å². The minimum atomic E-state index is -0.905. The highest BCUT2D eigenvalue weighted by Gasteiger charge is 2.23. The Morgan fingerprint density at radius 3 is 2.60 bits per heavy atom. The van der Waals surface area contributed by atoms with E-state index < -0.39 is 12.1 Å². The molecule has 1 aromatic heterocycles. The van der Waals surface area contributed by atoms with E-state index in [0.29, 0.717) is 26.8 Å². The second-order valence-electron chi connectivity index (χ2n) is 7.71. The SMILES string of the molecule is CC[C@H](C)c1nc2ccc(Br)cc2c(=O)n1N=Cc1cc(OC)c(O[C@H](C)C(=O)OC)c(Cl)c1Br. The number of carbonyl (C=O) groups is 1. The molecule has 0 amide bonds. The number of benzene rings is 2. The van der Waals surface area contributed by atoms with Gasteiger partial charge in [-0.05, 0) is 53.5 Å². The van der Waals surface area contributed by atoms with Crippen molar-refractivity contribution in [2.75, 3.05) is 14.2 Å². The van der Waals surface area contributed by atoms with Crippen molar-refractivity contribution in [3.8, 4) is 11.5 Å². The van der Waals surface area contributed by atoms with Crippen molar-refractivity contribution in [1.82, 2.24) is 9.66 Å². The first-order valence-electron chi connectivity index (χ1n) is 10.7. The van der Waals surface area contributed by atoms with Crippen LogP contribution in [-0.4, -0.2) is 42.2 Å². The van der Waals surface area contributed by atoms with Gasteiger partial charge in [0.05, 0.1) is 31.3 Å². The molecule has 0 radical (unpaired) electrons. The molecule has 0 spiro atoms. The van der Waals surface area contributed by atoms with Gasteiger partial charge in [0.1, 0.15) is 10.8 Å². The van der Waals surface area contributed by atoms with E-state index in [9.17, 15) is 9.59 Å². The van der Waals surface area contributed by atoms with Crippen LogP contribution in [-0.2, 0) is 9.53 Å². The van der Waals surface area contributed by atoms with Crippen molar-refractivity contribution in [2.24, 2.45) is 5.10 Å². The lowest BCUT2D eigenvalue weighted by atomic mass is 10.1. The van der Waals surface area contributed by atoms with Crippen LogP contribution in [0.1, 0.15) is 44.5 Å². The van der Waals surface area contributed by atoms with Crippen LogP contribution in [0.4, 0.5) is 0 Å². The largest absolute Gasteiger partial charge is 0.493 e. The number of ether oxygens (including phenoxy) is 3. The van der Waals surface area contributed by atoms with Gasteiger partial charge in [0.15, 0.2) is 17.6 Å². The zero-order valence-corrected chi connectivity index (χ0v) is 23.7. The molecule has 11 heteroatoms. The number of carbonyl (C=O) groups excluding carboxylic acids is 1. The second-order valence-corrected chi connectivity index (χ2v) is 9.80. The van der Waals surface area contributed by atoms with Gasteiger partial charge < -0.3 is 14.2 Å². The van der Waals surface area contributed by atoms with Crippen LogP contribution < -0.4 is 15.0 Å². The van der Waals surface area contributed by atoms with Gasteiger partial charge in [0.25, 0.3) is 5.56 Å². The Hall–Kier alpha value is -2.43. The zero-order chi connectivity index (χ0) is 25.9. The topological polar surface area (TPSA) is 92.0 Å². The predicted molar refractivity (Wildman–Crippen MR) is 143 cm³/mol. The number of hydrogen-bond donors (Lipinski definition) is 0. The average Bonchev–Trinajstić information content (AvgIpc) is 2.86. The summed E-state index contributed by atoms with van der Waals surface area (Å²) >= 11 is 13.4. The Labute approximate surface area is 224 Å². The summed E-state index contributed by atoms with van der Waals surface area (Å²) in [5, 5.41) is 5.10. The van der Waals surface area contributed by atoms with Crippen molar-refractivity contribution in [1.29, 1.82) is 0 Å². The summed E-state index contributed by atoms with van der Waals surface area (Å²) < 4.78 is 18.3. The van der Waals surface area contributed by atoms with E-state index in [1.165, 1.54) is 25.1 Å². The summed E-state index contributed by atoms with van der Waals surface area (Å²) in [5.41, 5.74) is 0.845. The maximum Gasteiger partial charge on any atom is 0.346 e. The lowest BCUT2D eigenvalue weighted by Gasteiger charge is -2.18. The fraction of sp³-hybridized carbons (Fsp3) is 0.333. The number of halogens is 3. The molecule has 0 fully saturated rings. The molecular formula is C24H24Br2ClN3O5. The number of rotatable bonds is 8. The lowest BCUT2D eigenvalue weighted by molar-refractivity contribution is -0.147. The molecule has 186 valence electrons. The monoisotopic (exact) mass is 627 g/mol. The predicted octanol–water partition coefficient (Wildman–Crippen LogP) is 5.92. The van der Waals surface area contributed by atoms with Crippen LogP contribution in [0.3, 0.4) is 0 Å². The van der Waals surface area contributed by atoms with Crippen molar-refractivity contribution in [3.05, 3.63) is 60.0 Å². The van der Waals surface area contributed by atoms with Gasteiger partial charge in [-0.1, -0.05) is 41.4 Å². The zero-order valence-electron chi connectivity index (χ0n) is 19.8. The van der Waals surface area contributed by atoms with E-state index in [1.807, 2.05) is 19.9 Å². The Morgan fingerprint density at radius 1 is 1.26 bits per heavy atom. The number of fused-ring (bicyclic) bond motifs is 1. The molecule has 0 unspecified atom stereocenters. The van der Waals surface area contributed by atoms with Gasteiger partial charge in [0, 0.05) is 20.4 Å². The molecule has 1 heterocycles. The molecule has 0 N–H and O–H groups in total. The quantitative estimate of drug-likeness (QED) is 0.227.